The van der Waals surface area contributed by atoms with Gasteiger partial charge < -0.3 is 14.8 Å². The molecule has 112 valence electrons. The van der Waals surface area contributed by atoms with Crippen LogP contribution in [-0.4, -0.2) is 11.8 Å². The molecule has 2 aromatic rings. The lowest BCUT2D eigenvalue weighted by atomic mass is 10.1. The fourth-order valence-corrected chi connectivity index (χ4v) is 2.58. The Morgan fingerprint density at radius 3 is 2.77 bits per heavy atom. The molecule has 0 bridgehead atoms. The summed E-state index contributed by atoms with van der Waals surface area (Å²) in [6.45, 7) is 6.08. The SMILES string of the molecule is Cc1cc(NC(C)c2ccc3c(c2)OCO3)c(C#N)c(C)n1. The molecule has 1 unspecified atom stereocenters. The van der Waals surface area contributed by atoms with Gasteiger partial charge in [0, 0.05) is 11.7 Å². The Hall–Kier alpha value is -2.74. The summed E-state index contributed by atoms with van der Waals surface area (Å²) in [6, 6.07) is 10.0. The first-order valence-corrected chi connectivity index (χ1v) is 7.13. The second-order valence-electron chi connectivity index (χ2n) is 5.36. The molecule has 0 fully saturated rings. The summed E-state index contributed by atoms with van der Waals surface area (Å²) >= 11 is 0. The predicted octanol–water partition coefficient (Wildman–Crippen LogP) is 3.47. The Morgan fingerprint density at radius 2 is 2.00 bits per heavy atom. The van der Waals surface area contributed by atoms with E-state index in [1.165, 1.54) is 0 Å². The first-order chi connectivity index (χ1) is 10.6. The van der Waals surface area contributed by atoms with Gasteiger partial charge in [-0.3, -0.25) is 4.98 Å². The predicted molar refractivity (Wildman–Crippen MR) is 83.0 cm³/mol. The molecule has 1 aliphatic heterocycles. The van der Waals surface area contributed by atoms with Crippen molar-refractivity contribution in [1.29, 1.82) is 5.26 Å². The van der Waals surface area contributed by atoms with E-state index in [2.05, 4.69) is 16.4 Å². The van der Waals surface area contributed by atoms with Crippen molar-refractivity contribution in [3.05, 3.63) is 46.8 Å². The van der Waals surface area contributed by atoms with E-state index in [9.17, 15) is 5.26 Å². The normalized spacial score (nSPS) is 13.5. The monoisotopic (exact) mass is 295 g/mol. The molecule has 5 heteroatoms. The largest absolute Gasteiger partial charge is 0.454 e. The molecule has 0 saturated carbocycles. The second-order valence-corrected chi connectivity index (χ2v) is 5.36. The molecule has 5 nitrogen and oxygen atoms in total. The number of hydrogen-bond donors (Lipinski definition) is 1. The molecule has 1 aromatic heterocycles. The van der Waals surface area contributed by atoms with E-state index in [-0.39, 0.29) is 12.8 Å². The number of hydrogen-bond acceptors (Lipinski definition) is 5. The lowest BCUT2D eigenvalue weighted by molar-refractivity contribution is 0.174. The van der Waals surface area contributed by atoms with Crippen LogP contribution in [0, 0.1) is 25.2 Å². The van der Waals surface area contributed by atoms with Crippen LogP contribution in [-0.2, 0) is 0 Å². The van der Waals surface area contributed by atoms with Crippen molar-refractivity contribution in [2.24, 2.45) is 0 Å². The molecule has 0 aliphatic carbocycles. The zero-order chi connectivity index (χ0) is 15.7. The van der Waals surface area contributed by atoms with E-state index < -0.39 is 0 Å². The van der Waals surface area contributed by atoms with Crippen molar-refractivity contribution in [3.8, 4) is 17.6 Å². The summed E-state index contributed by atoms with van der Waals surface area (Å²) in [5.41, 5.74) is 4.08. The summed E-state index contributed by atoms with van der Waals surface area (Å²) in [5, 5.41) is 12.7. The van der Waals surface area contributed by atoms with Gasteiger partial charge in [0.05, 0.1) is 16.9 Å². The van der Waals surface area contributed by atoms with Crippen molar-refractivity contribution in [1.82, 2.24) is 4.98 Å². The maximum atomic E-state index is 9.33. The van der Waals surface area contributed by atoms with Crippen molar-refractivity contribution in [2.45, 2.75) is 26.8 Å². The number of nitriles is 1. The first-order valence-electron chi connectivity index (χ1n) is 7.13. The van der Waals surface area contributed by atoms with Crippen molar-refractivity contribution in [3.63, 3.8) is 0 Å². The average molecular weight is 295 g/mol. The number of rotatable bonds is 3. The van der Waals surface area contributed by atoms with E-state index in [1.807, 2.05) is 45.0 Å². The Morgan fingerprint density at radius 1 is 1.23 bits per heavy atom. The molecule has 0 amide bonds. The molecule has 1 N–H and O–H groups in total. The van der Waals surface area contributed by atoms with Gasteiger partial charge in [0.15, 0.2) is 11.5 Å². The minimum atomic E-state index is 0.0304. The third-order valence-electron chi connectivity index (χ3n) is 3.71. The minimum Gasteiger partial charge on any atom is -0.454 e. The van der Waals surface area contributed by atoms with Crippen LogP contribution >= 0.6 is 0 Å². The summed E-state index contributed by atoms with van der Waals surface area (Å²) < 4.78 is 10.7. The molecule has 2 heterocycles. The number of benzene rings is 1. The Balaban J connectivity index is 1.89. The third kappa shape index (κ3) is 2.56. The van der Waals surface area contributed by atoms with Gasteiger partial charge in [-0.1, -0.05) is 6.07 Å². The average Bonchev–Trinajstić information content (AvgIpc) is 2.94. The Labute approximate surface area is 129 Å². The first kappa shape index (κ1) is 14.2. The molecular formula is C17H17N3O2. The molecule has 22 heavy (non-hydrogen) atoms. The lowest BCUT2D eigenvalue weighted by Crippen LogP contribution is -2.09. The van der Waals surface area contributed by atoms with Gasteiger partial charge in [-0.05, 0) is 44.5 Å². The van der Waals surface area contributed by atoms with E-state index in [4.69, 9.17) is 9.47 Å². The maximum Gasteiger partial charge on any atom is 0.231 e. The maximum absolute atomic E-state index is 9.33. The summed E-state index contributed by atoms with van der Waals surface area (Å²) in [5.74, 6) is 1.53. The minimum absolute atomic E-state index is 0.0304. The molecule has 1 aromatic carbocycles. The van der Waals surface area contributed by atoms with Gasteiger partial charge >= 0.3 is 0 Å². The molecular weight excluding hydrogens is 278 g/mol. The van der Waals surface area contributed by atoms with Crippen LogP contribution in [0.3, 0.4) is 0 Å². The van der Waals surface area contributed by atoms with Crippen molar-refractivity contribution < 1.29 is 9.47 Å². The van der Waals surface area contributed by atoms with Crippen molar-refractivity contribution >= 4 is 5.69 Å². The highest BCUT2D eigenvalue weighted by molar-refractivity contribution is 5.61. The highest BCUT2D eigenvalue weighted by Gasteiger charge is 2.17. The number of ether oxygens (including phenoxy) is 2. The lowest BCUT2D eigenvalue weighted by Gasteiger charge is -2.18. The topological polar surface area (TPSA) is 67.2 Å². The fourth-order valence-electron chi connectivity index (χ4n) is 2.58. The molecule has 0 spiro atoms. The molecule has 3 rings (SSSR count). The molecule has 1 atom stereocenters. The van der Waals surface area contributed by atoms with E-state index >= 15 is 0 Å². The number of pyridine rings is 1. The second kappa shape index (κ2) is 5.57. The number of aromatic nitrogens is 1. The van der Waals surface area contributed by atoms with Gasteiger partial charge in [-0.15, -0.1) is 0 Å². The number of nitrogens with zero attached hydrogens (tertiary/aromatic N) is 2. The van der Waals surface area contributed by atoms with Gasteiger partial charge in [0.2, 0.25) is 6.79 Å². The van der Waals surface area contributed by atoms with E-state index in [0.29, 0.717) is 5.56 Å². The standard InChI is InChI=1S/C17H17N3O2/c1-10-6-15(14(8-18)12(3)19-10)20-11(2)13-4-5-16-17(7-13)22-9-21-16/h4-7,11H,9H2,1-3H3,(H,19,20). The van der Waals surface area contributed by atoms with Gasteiger partial charge in [-0.25, -0.2) is 0 Å². The van der Waals surface area contributed by atoms with Crippen LogP contribution in [0.1, 0.15) is 35.5 Å². The van der Waals surface area contributed by atoms with E-state index in [0.717, 1.165) is 34.1 Å². The van der Waals surface area contributed by atoms with Crippen LogP contribution in [0.2, 0.25) is 0 Å². The Bertz CT molecular complexity index is 765. The summed E-state index contributed by atoms with van der Waals surface area (Å²) in [6.07, 6.45) is 0. The number of fused-ring (bicyclic) bond motifs is 1. The zero-order valence-corrected chi connectivity index (χ0v) is 12.8. The van der Waals surface area contributed by atoms with Crippen LogP contribution in [0.5, 0.6) is 11.5 Å². The van der Waals surface area contributed by atoms with E-state index in [1.54, 1.807) is 0 Å². The highest BCUT2D eigenvalue weighted by atomic mass is 16.7. The van der Waals surface area contributed by atoms with Crippen LogP contribution in [0.15, 0.2) is 24.3 Å². The van der Waals surface area contributed by atoms with Gasteiger partial charge in [-0.2, -0.15) is 5.26 Å². The molecule has 0 radical (unpaired) electrons. The van der Waals surface area contributed by atoms with Gasteiger partial charge in [0.1, 0.15) is 6.07 Å². The van der Waals surface area contributed by atoms with Crippen LogP contribution in [0.25, 0.3) is 0 Å². The quantitative estimate of drug-likeness (QED) is 0.939. The number of nitrogens with one attached hydrogen (secondary N) is 1. The fraction of sp³-hybridized carbons (Fsp3) is 0.294. The number of anilines is 1. The summed E-state index contributed by atoms with van der Waals surface area (Å²) in [4.78, 5) is 4.33. The smallest absolute Gasteiger partial charge is 0.231 e. The molecule has 1 aliphatic rings. The van der Waals surface area contributed by atoms with Crippen molar-refractivity contribution in [2.75, 3.05) is 12.1 Å². The zero-order valence-electron chi connectivity index (χ0n) is 12.8. The number of aryl methyl sites for hydroxylation is 2. The summed E-state index contributed by atoms with van der Waals surface area (Å²) in [7, 11) is 0. The Kier molecular flexibility index (Phi) is 3.60. The third-order valence-corrected chi connectivity index (χ3v) is 3.71. The van der Waals surface area contributed by atoms with Gasteiger partial charge in [0.25, 0.3) is 0 Å². The highest BCUT2D eigenvalue weighted by Crippen LogP contribution is 2.35. The molecule has 0 saturated heterocycles. The van der Waals surface area contributed by atoms with Crippen LogP contribution in [0.4, 0.5) is 5.69 Å². The van der Waals surface area contributed by atoms with Crippen LogP contribution < -0.4 is 14.8 Å².